The highest BCUT2D eigenvalue weighted by Gasteiger charge is 2.22. The molecule has 0 saturated carbocycles. The van der Waals surface area contributed by atoms with E-state index >= 15 is 0 Å². The zero-order valence-corrected chi connectivity index (χ0v) is 12.3. The molecule has 0 aromatic heterocycles. The van der Waals surface area contributed by atoms with E-state index in [0.717, 1.165) is 0 Å². The van der Waals surface area contributed by atoms with Crippen LogP contribution in [0.1, 0.15) is 26.7 Å². The van der Waals surface area contributed by atoms with Gasteiger partial charge >= 0.3 is 0 Å². The van der Waals surface area contributed by atoms with Crippen molar-refractivity contribution in [2.75, 3.05) is 12.9 Å². The molecular weight excluding hydrogens is 262 g/mol. The minimum absolute atomic E-state index is 0.0263. The average Bonchev–Trinajstić information content (AvgIpc) is 2.38. The molecule has 1 rings (SSSR count). The van der Waals surface area contributed by atoms with Crippen molar-refractivity contribution in [2.45, 2.75) is 31.6 Å². The van der Waals surface area contributed by atoms with E-state index in [4.69, 9.17) is 10.00 Å². The van der Waals surface area contributed by atoms with Gasteiger partial charge in [0.05, 0.1) is 24.3 Å². The van der Waals surface area contributed by atoms with Gasteiger partial charge in [0, 0.05) is 0 Å². The molecule has 1 aromatic rings. The summed E-state index contributed by atoms with van der Waals surface area (Å²) in [4.78, 5) is 0.215. The molecule has 0 bridgehead atoms. The number of sulfone groups is 1. The first-order valence-corrected chi connectivity index (χ1v) is 7.75. The van der Waals surface area contributed by atoms with Crippen LogP contribution in [0.5, 0.6) is 5.75 Å². The van der Waals surface area contributed by atoms with Crippen molar-refractivity contribution in [3.05, 3.63) is 24.3 Å². The maximum absolute atomic E-state index is 12.2. The molecular formula is C14H19NO3S. The van der Waals surface area contributed by atoms with Crippen LogP contribution in [0.25, 0.3) is 0 Å². The Morgan fingerprint density at radius 2 is 1.95 bits per heavy atom. The minimum atomic E-state index is -3.37. The summed E-state index contributed by atoms with van der Waals surface area (Å²) in [6.07, 6.45) is 1.01. The van der Waals surface area contributed by atoms with Crippen LogP contribution < -0.4 is 4.74 Å². The largest absolute Gasteiger partial charge is 0.495 e. The fraction of sp³-hybridized carbons (Fsp3) is 0.500. The highest BCUT2D eigenvalue weighted by molar-refractivity contribution is 7.91. The Balaban J connectivity index is 2.80. The summed E-state index contributed by atoms with van der Waals surface area (Å²) in [5.74, 6) is 0.389. The van der Waals surface area contributed by atoms with Crippen molar-refractivity contribution in [3.8, 4) is 11.8 Å². The zero-order valence-electron chi connectivity index (χ0n) is 11.5. The van der Waals surface area contributed by atoms with Crippen LogP contribution in [0.4, 0.5) is 0 Å². The molecule has 0 amide bonds. The van der Waals surface area contributed by atoms with Gasteiger partial charge < -0.3 is 4.74 Å². The summed E-state index contributed by atoms with van der Waals surface area (Å²) in [6.45, 7) is 3.62. The van der Waals surface area contributed by atoms with E-state index < -0.39 is 15.3 Å². The predicted octanol–water partition coefficient (Wildman–Crippen LogP) is 2.80. The van der Waals surface area contributed by atoms with Crippen molar-refractivity contribution >= 4 is 9.84 Å². The third-order valence-electron chi connectivity index (χ3n) is 2.92. The van der Waals surface area contributed by atoms with Crippen molar-refractivity contribution in [1.82, 2.24) is 0 Å². The van der Waals surface area contributed by atoms with E-state index in [-0.39, 0.29) is 10.6 Å². The third-order valence-corrected chi connectivity index (χ3v) is 4.76. The molecule has 0 atom stereocenters. The first kappa shape index (κ1) is 15.5. The number of para-hydroxylation sites is 1. The quantitative estimate of drug-likeness (QED) is 0.804. The molecule has 0 radical (unpaired) electrons. The Kier molecular flexibility index (Phi) is 4.96. The average molecular weight is 281 g/mol. The van der Waals surface area contributed by atoms with Crippen LogP contribution in [-0.4, -0.2) is 21.3 Å². The smallest absolute Gasteiger partial charge is 0.182 e. The Labute approximate surface area is 114 Å². The molecule has 0 aliphatic rings. The lowest BCUT2D eigenvalue weighted by Crippen LogP contribution is -2.13. The van der Waals surface area contributed by atoms with Crippen LogP contribution in [0.3, 0.4) is 0 Å². The number of ether oxygens (including phenoxy) is 1. The molecule has 0 spiro atoms. The second-order valence-electron chi connectivity index (χ2n) is 5.07. The summed E-state index contributed by atoms with van der Waals surface area (Å²) in [5, 5.41) is 8.90. The van der Waals surface area contributed by atoms with Crippen LogP contribution in [0, 0.1) is 16.7 Å². The molecule has 104 valence electrons. The van der Waals surface area contributed by atoms with Gasteiger partial charge in [0.2, 0.25) is 0 Å². The molecule has 19 heavy (non-hydrogen) atoms. The van der Waals surface area contributed by atoms with Gasteiger partial charge in [-0.25, -0.2) is 8.42 Å². The fourth-order valence-electron chi connectivity index (χ4n) is 1.75. The number of methoxy groups -OCH3 is 1. The number of hydrogen-bond acceptors (Lipinski definition) is 4. The molecule has 0 unspecified atom stereocenters. The van der Waals surface area contributed by atoms with E-state index in [0.29, 0.717) is 18.6 Å². The second kappa shape index (κ2) is 6.07. The van der Waals surface area contributed by atoms with Crippen LogP contribution >= 0.6 is 0 Å². The molecule has 4 nitrogen and oxygen atoms in total. The lowest BCUT2D eigenvalue weighted by Gasteiger charge is -2.15. The first-order valence-electron chi connectivity index (χ1n) is 6.09. The number of benzene rings is 1. The van der Waals surface area contributed by atoms with Gasteiger partial charge in [-0.15, -0.1) is 0 Å². The molecule has 0 heterocycles. The van der Waals surface area contributed by atoms with E-state index in [2.05, 4.69) is 6.07 Å². The summed E-state index contributed by atoms with van der Waals surface area (Å²) in [5.41, 5.74) is -0.490. The Hall–Kier alpha value is -1.54. The monoisotopic (exact) mass is 281 g/mol. The predicted molar refractivity (Wildman–Crippen MR) is 73.7 cm³/mol. The SMILES string of the molecule is COc1ccccc1S(=O)(=O)CCCC(C)(C)C#N. The summed E-state index contributed by atoms with van der Waals surface area (Å²) < 4.78 is 29.5. The van der Waals surface area contributed by atoms with Gasteiger partial charge in [0.25, 0.3) is 0 Å². The number of nitrogens with zero attached hydrogens (tertiary/aromatic N) is 1. The third kappa shape index (κ3) is 4.25. The molecule has 1 aromatic carbocycles. The van der Waals surface area contributed by atoms with Gasteiger partial charge in [0.15, 0.2) is 9.84 Å². The van der Waals surface area contributed by atoms with Gasteiger partial charge in [-0.1, -0.05) is 12.1 Å². The molecule has 0 fully saturated rings. The fourth-order valence-corrected chi connectivity index (χ4v) is 3.23. The Morgan fingerprint density at radius 3 is 2.53 bits per heavy atom. The summed E-state index contributed by atoms with van der Waals surface area (Å²) in [6, 6.07) is 8.75. The molecule has 0 aliphatic carbocycles. The van der Waals surface area contributed by atoms with Gasteiger partial charge in [0.1, 0.15) is 10.6 Å². The normalized spacial score (nSPS) is 11.9. The molecule has 0 aliphatic heterocycles. The maximum Gasteiger partial charge on any atom is 0.182 e. The van der Waals surface area contributed by atoms with Crippen LogP contribution in [0.2, 0.25) is 0 Å². The summed E-state index contributed by atoms with van der Waals surface area (Å²) >= 11 is 0. The van der Waals surface area contributed by atoms with Crippen molar-refractivity contribution in [1.29, 1.82) is 5.26 Å². The van der Waals surface area contributed by atoms with E-state index in [1.807, 2.05) is 13.8 Å². The van der Waals surface area contributed by atoms with Crippen LogP contribution in [0.15, 0.2) is 29.2 Å². The van der Waals surface area contributed by atoms with Crippen molar-refractivity contribution in [2.24, 2.45) is 5.41 Å². The highest BCUT2D eigenvalue weighted by atomic mass is 32.2. The second-order valence-corrected chi connectivity index (χ2v) is 7.15. The molecule has 5 heteroatoms. The van der Waals surface area contributed by atoms with Gasteiger partial charge in [-0.05, 0) is 38.8 Å². The van der Waals surface area contributed by atoms with Crippen molar-refractivity contribution in [3.63, 3.8) is 0 Å². The minimum Gasteiger partial charge on any atom is -0.495 e. The lowest BCUT2D eigenvalue weighted by atomic mass is 9.90. The number of nitriles is 1. The number of rotatable bonds is 6. The van der Waals surface area contributed by atoms with E-state index in [1.54, 1.807) is 24.3 Å². The lowest BCUT2D eigenvalue weighted by molar-refractivity contribution is 0.402. The van der Waals surface area contributed by atoms with Crippen LogP contribution in [-0.2, 0) is 9.84 Å². The number of hydrogen-bond donors (Lipinski definition) is 0. The molecule has 0 N–H and O–H groups in total. The maximum atomic E-state index is 12.2. The Bertz CT molecular complexity index is 571. The van der Waals surface area contributed by atoms with E-state index in [9.17, 15) is 8.42 Å². The first-order chi connectivity index (χ1) is 8.82. The standard InChI is InChI=1S/C14H19NO3S/c1-14(2,11-15)9-6-10-19(16,17)13-8-5-4-7-12(13)18-3/h4-5,7-8H,6,9-10H2,1-3H3. The van der Waals surface area contributed by atoms with Gasteiger partial charge in [-0.3, -0.25) is 0 Å². The highest BCUT2D eigenvalue weighted by Crippen LogP contribution is 2.26. The topological polar surface area (TPSA) is 67.2 Å². The van der Waals surface area contributed by atoms with Gasteiger partial charge in [-0.2, -0.15) is 5.26 Å². The molecule has 0 saturated heterocycles. The zero-order chi connectivity index (χ0) is 14.5. The Morgan fingerprint density at radius 1 is 1.32 bits per heavy atom. The summed E-state index contributed by atoms with van der Waals surface area (Å²) in [7, 11) is -1.92. The van der Waals surface area contributed by atoms with Crippen molar-refractivity contribution < 1.29 is 13.2 Å². The van der Waals surface area contributed by atoms with E-state index in [1.165, 1.54) is 7.11 Å².